The summed E-state index contributed by atoms with van der Waals surface area (Å²) in [6.45, 7) is -0.496. The first-order chi connectivity index (χ1) is 12.0. The van der Waals surface area contributed by atoms with E-state index in [1.165, 1.54) is 25.7 Å². The van der Waals surface area contributed by atoms with Crippen LogP contribution in [-0.4, -0.2) is 41.9 Å². The monoisotopic (exact) mass is 407 g/mol. The van der Waals surface area contributed by atoms with Gasteiger partial charge in [-0.2, -0.15) is 5.10 Å². The fraction of sp³-hybridized carbons (Fsp3) is 0.125. The minimum atomic E-state index is -1.10. The number of rotatable bonds is 7. The average molecular weight is 408 g/mol. The maximum absolute atomic E-state index is 11.9. The molecule has 0 spiro atoms. The number of aliphatic carboxylic acids is 1. The summed E-state index contributed by atoms with van der Waals surface area (Å²) >= 11 is 3.29. The number of carboxylic acids is 1. The van der Waals surface area contributed by atoms with Crippen molar-refractivity contribution in [2.24, 2.45) is 5.10 Å². The Balaban J connectivity index is 2.10. The molecule has 1 aromatic heterocycles. The van der Waals surface area contributed by atoms with Crippen LogP contribution in [0, 0.1) is 0 Å². The molecule has 0 radical (unpaired) electrons. The van der Waals surface area contributed by atoms with Crippen LogP contribution in [0.15, 0.2) is 46.2 Å². The Morgan fingerprint density at radius 2 is 2.08 bits per heavy atom. The van der Waals surface area contributed by atoms with Gasteiger partial charge >= 0.3 is 5.97 Å². The van der Waals surface area contributed by atoms with E-state index in [9.17, 15) is 9.59 Å². The number of methoxy groups -OCH3 is 1. The molecule has 0 aliphatic carbocycles. The Labute approximate surface area is 151 Å². The second-order valence-electron chi connectivity index (χ2n) is 4.65. The first kappa shape index (κ1) is 18.4. The van der Waals surface area contributed by atoms with Crippen molar-refractivity contribution in [2.45, 2.75) is 0 Å². The lowest BCUT2D eigenvalue weighted by molar-refractivity contribution is -0.139. The van der Waals surface area contributed by atoms with Crippen molar-refractivity contribution in [3.05, 3.63) is 52.3 Å². The molecule has 0 fully saturated rings. The number of aromatic nitrogens is 1. The summed E-state index contributed by atoms with van der Waals surface area (Å²) in [5.41, 5.74) is 3.44. The van der Waals surface area contributed by atoms with Gasteiger partial charge in [0, 0.05) is 18.0 Å². The molecule has 0 aliphatic rings. The van der Waals surface area contributed by atoms with Gasteiger partial charge in [0.25, 0.3) is 5.91 Å². The highest BCUT2D eigenvalue weighted by Crippen LogP contribution is 2.36. The summed E-state index contributed by atoms with van der Waals surface area (Å²) in [6, 6.07) is 6.39. The zero-order chi connectivity index (χ0) is 18.2. The lowest BCUT2D eigenvalue weighted by atomic mass is 10.2. The fourth-order valence-corrected chi connectivity index (χ4v) is 2.40. The molecule has 2 rings (SSSR count). The van der Waals surface area contributed by atoms with Crippen LogP contribution in [0.25, 0.3) is 0 Å². The number of nitrogens with one attached hydrogen (secondary N) is 1. The smallest absolute Gasteiger partial charge is 0.341 e. The van der Waals surface area contributed by atoms with Crippen molar-refractivity contribution in [1.82, 2.24) is 10.4 Å². The number of carbonyl (C=O) groups is 2. The summed E-state index contributed by atoms with van der Waals surface area (Å²) < 4.78 is 10.9. The predicted molar refractivity (Wildman–Crippen MR) is 93.1 cm³/mol. The molecule has 1 aromatic carbocycles. The normalized spacial score (nSPS) is 10.5. The summed E-state index contributed by atoms with van der Waals surface area (Å²) in [4.78, 5) is 26.3. The minimum absolute atomic E-state index is 0.267. The van der Waals surface area contributed by atoms with Crippen LogP contribution in [0.5, 0.6) is 11.5 Å². The van der Waals surface area contributed by atoms with Crippen LogP contribution >= 0.6 is 15.9 Å². The van der Waals surface area contributed by atoms with E-state index in [1.807, 2.05) is 0 Å². The lowest BCUT2D eigenvalue weighted by Crippen LogP contribution is -2.17. The zero-order valence-corrected chi connectivity index (χ0v) is 14.7. The summed E-state index contributed by atoms with van der Waals surface area (Å²) in [5, 5.41) is 12.6. The second-order valence-corrected chi connectivity index (χ2v) is 5.51. The fourth-order valence-electron chi connectivity index (χ4n) is 1.82. The van der Waals surface area contributed by atoms with Crippen LogP contribution in [0.3, 0.4) is 0 Å². The van der Waals surface area contributed by atoms with Gasteiger partial charge < -0.3 is 14.6 Å². The molecule has 130 valence electrons. The standard InChI is InChI=1S/C16H14BrN3O5/c1-24-13-7-10(6-12(17)15(13)25-9-14(21)22)8-19-20-16(23)11-2-4-18-5-3-11/h2-8H,9H2,1H3,(H,20,23)(H,21,22). The Hall–Kier alpha value is -2.94. The van der Waals surface area contributed by atoms with Crippen LogP contribution < -0.4 is 14.9 Å². The highest BCUT2D eigenvalue weighted by Gasteiger charge is 2.12. The second kappa shape index (κ2) is 8.78. The number of nitrogens with zero attached hydrogens (tertiary/aromatic N) is 2. The zero-order valence-electron chi connectivity index (χ0n) is 13.1. The highest BCUT2D eigenvalue weighted by molar-refractivity contribution is 9.10. The number of carbonyl (C=O) groups excluding carboxylic acids is 1. The average Bonchev–Trinajstić information content (AvgIpc) is 2.60. The molecule has 0 saturated heterocycles. The van der Waals surface area contributed by atoms with E-state index in [0.717, 1.165) is 0 Å². The van der Waals surface area contributed by atoms with Gasteiger partial charge in [-0.05, 0) is 45.8 Å². The summed E-state index contributed by atoms with van der Waals surface area (Å²) in [7, 11) is 1.43. The van der Waals surface area contributed by atoms with Crippen molar-refractivity contribution >= 4 is 34.0 Å². The van der Waals surface area contributed by atoms with E-state index in [0.29, 0.717) is 21.3 Å². The van der Waals surface area contributed by atoms with Crippen molar-refractivity contribution in [3.8, 4) is 11.5 Å². The third-order valence-electron chi connectivity index (χ3n) is 2.91. The molecule has 8 nitrogen and oxygen atoms in total. The van der Waals surface area contributed by atoms with Gasteiger partial charge in [-0.3, -0.25) is 9.78 Å². The third kappa shape index (κ3) is 5.28. The maximum atomic E-state index is 11.9. The van der Waals surface area contributed by atoms with Crippen LogP contribution in [0.2, 0.25) is 0 Å². The molecule has 1 heterocycles. The van der Waals surface area contributed by atoms with Gasteiger partial charge in [-0.1, -0.05) is 0 Å². The van der Waals surface area contributed by atoms with Crippen LogP contribution in [0.1, 0.15) is 15.9 Å². The highest BCUT2D eigenvalue weighted by atomic mass is 79.9. The molecular formula is C16H14BrN3O5. The predicted octanol–water partition coefficient (Wildman–Crippen LogP) is 2.08. The Morgan fingerprint density at radius 1 is 1.36 bits per heavy atom. The molecule has 2 aromatic rings. The number of carboxylic acid groups (broad SMARTS) is 1. The summed E-state index contributed by atoms with van der Waals surface area (Å²) in [5.74, 6) is -0.870. The number of hydrogen-bond acceptors (Lipinski definition) is 6. The minimum Gasteiger partial charge on any atom is -0.493 e. The van der Waals surface area contributed by atoms with Crippen LogP contribution in [0.4, 0.5) is 0 Å². The van der Waals surface area contributed by atoms with Gasteiger partial charge in [0.2, 0.25) is 0 Å². The molecule has 2 N–H and O–H groups in total. The number of hydrogen-bond donors (Lipinski definition) is 2. The first-order valence-corrected chi connectivity index (χ1v) is 7.76. The molecule has 9 heteroatoms. The van der Waals surface area contributed by atoms with E-state index in [-0.39, 0.29) is 11.7 Å². The number of benzene rings is 1. The van der Waals surface area contributed by atoms with Crippen molar-refractivity contribution in [3.63, 3.8) is 0 Å². The third-order valence-corrected chi connectivity index (χ3v) is 3.50. The van der Waals surface area contributed by atoms with Gasteiger partial charge in [0.1, 0.15) is 0 Å². The van der Waals surface area contributed by atoms with Gasteiger partial charge in [0.15, 0.2) is 18.1 Å². The van der Waals surface area contributed by atoms with Gasteiger partial charge in [-0.25, -0.2) is 10.2 Å². The van der Waals surface area contributed by atoms with E-state index >= 15 is 0 Å². The first-order valence-electron chi connectivity index (χ1n) is 6.97. The molecule has 25 heavy (non-hydrogen) atoms. The molecule has 0 aliphatic heterocycles. The number of ether oxygens (including phenoxy) is 2. The van der Waals surface area contributed by atoms with E-state index in [2.05, 4.69) is 31.4 Å². The number of pyridine rings is 1. The van der Waals surface area contributed by atoms with Gasteiger partial charge in [0.05, 0.1) is 17.8 Å². The molecule has 0 saturated carbocycles. The number of amides is 1. The Bertz CT molecular complexity index is 796. The topological polar surface area (TPSA) is 110 Å². The number of halogens is 1. The Morgan fingerprint density at radius 3 is 2.72 bits per heavy atom. The molecule has 0 bridgehead atoms. The maximum Gasteiger partial charge on any atom is 0.341 e. The van der Waals surface area contributed by atoms with Crippen molar-refractivity contribution < 1.29 is 24.2 Å². The Kier molecular flexibility index (Phi) is 6.47. The lowest BCUT2D eigenvalue weighted by Gasteiger charge is -2.12. The number of hydrazone groups is 1. The van der Waals surface area contributed by atoms with E-state index in [1.54, 1.807) is 24.3 Å². The summed E-state index contributed by atoms with van der Waals surface area (Å²) in [6.07, 6.45) is 4.44. The van der Waals surface area contributed by atoms with Crippen molar-refractivity contribution in [1.29, 1.82) is 0 Å². The SMILES string of the molecule is COc1cc(C=NNC(=O)c2ccncc2)cc(Br)c1OCC(=O)O. The largest absolute Gasteiger partial charge is 0.493 e. The molecule has 1 amide bonds. The van der Waals surface area contributed by atoms with E-state index in [4.69, 9.17) is 14.6 Å². The van der Waals surface area contributed by atoms with Crippen LogP contribution in [-0.2, 0) is 4.79 Å². The molecule has 0 atom stereocenters. The van der Waals surface area contributed by atoms with Crippen molar-refractivity contribution in [2.75, 3.05) is 13.7 Å². The quantitative estimate of drug-likeness (QED) is 0.536. The molecule has 0 unspecified atom stereocenters. The van der Waals surface area contributed by atoms with Gasteiger partial charge in [-0.15, -0.1) is 0 Å². The van der Waals surface area contributed by atoms with E-state index < -0.39 is 12.6 Å². The molecular weight excluding hydrogens is 394 g/mol.